The summed E-state index contributed by atoms with van der Waals surface area (Å²) in [7, 11) is 0. The van der Waals surface area contributed by atoms with Gasteiger partial charge in [0.05, 0.1) is 6.61 Å². The first-order chi connectivity index (χ1) is 4.16. The highest BCUT2D eigenvalue weighted by molar-refractivity contribution is 8.06. The maximum Gasteiger partial charge on any atom is 0.189 e. The molecule has 0 N–H and O–H groups in total. The molecule has 0 radical (unpaired) electrons. The summed E-state index contributed by atoms with van der Waals surface area (Å²) in [5.74, 6) is 1.48. The van der Waals surface area contributed by atoms with Gasteiger partial charge < -0.3 is 4.74 Å². The highest BCUT2D eigenvalue weighted by atomic mass is 35.9. The van der Waals surface area contributed by atoms with Gasteiger partial charge in [-0.1, -0.05) is 22.5 Å². The van der Waals surface area contributed by atoms with Crippen molar-refractivity contribution in [2.75, 3.05) is 6.61 Å². The highest BCUT2D eigenvalue weighted by Crippen LogP contribution is 2.49. The molecule has 0 aromatic heterocycles. The van der Waals surface area contributed by atoms with Gasteiger partial charge in [-0.2, -0.15) is 0 Å². The minimum atomic E-state index is -1.13. The smallest absolute Gasteiger partial charge is 0.189 e. The van der Waals surface area contributed by atoms with Gasteiger partial charge in [-0.3, -0.25) is 0 Å². The van der Waals surface area contributed by atoms with Crippen molar-refractivity contribution in [1.29, 1.82) is 0 Å². The molecular weight excluding hydrogens is 201 g/mol. The van der Waals surface area contributed by atoms with Gasteiger partial charge in [-0.05, 0) is 18.5 Å². The summed E-state index contributed by atoms with van der Waals surface area (Å²) >= 11 is 16.3. The van der Waals surface area contributed by atoms with Crippen molar-refractivity contribution >= 4 is 40.7 Å². The molecule has 0 unspecified atom stereocenters. The third kappa shape index (κ3) is 6.73. The molecule has 1 nitrogen and oxygen atoms in total. The van der Waals surface area contributed by atoms with E-state index in [2.05, 4.69) is 0 Å². The molecule has 0 spiro atoms. The largest absolute Gasteiger partial charge is 0.483 e. The molecule has 5 heteroatoms. The summed E-state index contributed by atoms with van der Waals surface area (Å²) < 4.78 is 4.83. The summed E-state index contributed by atoms with van der Waals surface area (Å²) in [4.78, 5) is 0. The Hall–Kier alpha value is 0.840. The lowest BCUT2D eigenvalue weighted by Gasteiger charge is -1.98. The standard InChI is InChI=1S/C4H6Cl3OP/c1-2-8-4(5)3-9(6)7/h3H,2H2,1H3/b4-3-. The van der Waals surface area contributed by atoms with Gasteiger partial charge in [-0.15, -0.1) is 0 Å². The monoisotopic (exact) mass is 206 g/mol. The van der Waals surface area contributed by atoms with Crippen LogP contribution in [0.5, 0.6) is 0 Å². The van der Waals surface area contributed by atoms with Crippen LogP contribution in [0.2, 0.25) is 0 Å². The quantitative estimate of drug-likeness (QED) is 0.504. The molecule has 9 heavy (non-hydrogen) atoms. The van der Waals surface area contributed by atoms with E-state index in [1.165, 1.54) is 5.82 Å². The second-order valence-electron chi connectivity index (χ2n) is 1.13. The number of hydrogen-bond donors (Lipinski definition) is 0. The molecule has 0 aromatic carbocycles. The van der Waals surface area contributed by atoms with Gasteiger partial charge in [0.25, 0.3) is 0 Å². The van der Waals surface area contributed by atoms with Crippen molar-refractivity contribution in [3.8, 4) is 0 Å². The third-order valence-corrected chi connectivity index (χ3v) is 1.87. The maximum atomic E-state index is 5.46. The van der Waals surface area contributed by atoms with E-state index in [9.17, 15) is 0 Å². The fraction of sp³-hybridized carbons (Fsp3) is 0.500. The molecule has 0 rings (SSSR count). The Morgan fingerprint density at radius 1 is 1.67 bits per heavy atom. The molecule has 0 heterocycles. The Morgan fingerprint density at radius 2 is 2.22 bits per heavy atom. The number of ether oxygens (including phenoxy) is 1. The van der Waals surface area contributed by atoms with Crippen LogP contribution in [0.3, 0.4) is 0 Å². The Kier molecular flexibility index (Phi) is 6.14. The fourth-order valence-corrected chi connectivity index (χ4v) is 1.71. The van der Waals surface area contributed by atoms with Crippen molar-refractivity contribution in [1.82, 2.24) is 0 Å². The SMILES string of the molecule is CCO/C(Cl)=C\P(Cl)Cl. The zero-order chi connectivity index (χ0) is 7.28. The first kappa shape index (κ1) is 9.84. The van der Waals surface area contributed by atoms with Crippen LogP contribution in [0, 0.1) is 0 Å². The summed E-state index contributed by atoms with van der Waals surface area (Å²) in [6, 6.07) is 0. The van der Waals surface area contributed by atoms with Crippen molar-refractivity contribution in [2.45, 2.75) is 6.92 Å². The van der Waals surface area contributed by atoms with E-state index in [4.69, 9.17) is 38.8 Å². The van der Waals surface area contributed by atoms with E-state index in [1.54, 1.807) is 0 Å². The zero-order valence-electron chi connectivity index (χ0n) is 4.77. The summed E-state index contributed by atoms with van der Waals surface area (Å²) in [5, 5.41) is 0.272. The average molecular weight is 207 g/mol. The molecule has 0 aliphatic heterocycles. The lowest BCUT2D eigenvalue weighted by atomic mass is 10.9. The normalized spacial score (nSPS) is 12.3. The van der Waals surface area contributed by atoms with Crippen LogP contribution in [0.15, 0.2) is 11.0 Å². The molecule has 0 bridgehead atoms. The fourth-order valence-electron chi connectivity index (χ4n) is 0.252. The molecule has 0 aromatic rings. The summed E-state index contributed by atoms with van der Waals surface area (Å²) in [5.41, 5.74) is 0. The third-order valence-electron chi connectivity index (χ3n) is 0.481. The Labute approximate surface area is 70.3 Å². The molecule has 54 valence electrons. The van der Waals surface area contributed by atoms with E-state index in [0.29, 0.717) is 6.61 Å². The predicted molar refractivity (Wildman–Crippen MR) is 44.2 cm³/mol. The van der Waals surface area contributed by atoms with Crippen molar-refractivity contribution < 1.29 is 4.74 Å². The highest BCUT2D eigenvalue weighted by Gasteiger charge is 1.95. The lowest BCUT2D eigenvalue weighted by Crippen LogP contribution is -1.81. The Balaban J connectivity index is 3.55. The lowest BCUT2D eigenvalue weighted by molar-refractivity contribution is 0.256. The minimum absolute atomic E-state index is 0.272. The van der Waals surface area contributed by atoms with E-state index in [-0.39, 0.29) is 5.22 Å². The van der Waals surface area contributed by atoms with Crippen molar-refractivity contribution in [2.24, 2.45) is 0 Å². The second kappa shape index (κ2) is 5.61. The van der Waals surface area contributed by atoms with Crippen LogP contribution in [0.25, 0.3) is 0 Å². The zero-order valence-corrected chi connectivity index (χ0v) is 7.94. The topological polar surface area (TPSA) is 9.23 Å². The molecule has 0 saturated carbocycles. The van der Waals surface area contributed by atoms with E-state index >= 15 is 0 Å². The Bertz CT molecular complexity index is 104. The van der Waals surface area contributed by atoms with Crippen molar-refractivity contribution in [3.05, 3.63) is 11.0 Å². The molecule has 0 atom stereocenters. The predicted octanol–water partition coefficient (Wildman–Crippen LogP) is 3.85. The minimum Gasteiger partial charge on any atom is -0.483 e. The van der Waals surface area contributed by atoms with Crippen LogP contribution in [0.1, 0.15) is 6.92 Å². The van der Waals surface area contributed by atoms with Gasteiger partial charge in [0.1, 0.15) is 6.63 Å². The van der Waals surface area contributed by atoms with E-state index in [0.717, 1.165) is 0 Å². The summed E-state index contributed by atoms with van der Waals surface area (Å²) in [6.07, 6.45) is 0. The van der Waals surface area contributed by atoms with Gasteiger partial charge in [0.15, 0.2) is 5.22 Å². The summed E-state index contributed by atoms with van der Waals surface area (Å²) in [6.45, 7) is 1.24. The van der Waals surface area contributed by atoms with Gasteiger partial charge in [-0.25, -0.2) is 0 Å². The molecule has 0 aliphatic rings. The first-order valence-electron chi connectivity index (χ1n) is 2.27. The maximum absolute atomic E-state index is 5.46. The van der Waals surface area contributed by atoms with Gasteiger partial charge >= 0.3 is 0 Å². The van der Waals surface area contributed by atoms with Crippen LogP contribution >= 0.6 is 40.7 Å². The van der Waals surface area contributed by atoms with Gasteiger partial charge in [0, 0.05) is 5.82 Å². The molecule has 0 fully saturated rings. The van der Waals surface area contributed by atoms with Crippen LogP contribution in [0.4, 0.5) is 0 Å². The first-order valence-corrected chi connectivity index (χ1v) is 5.87. The van der Waals surface area contributed by atoms with Crippen LogP contribution < -0.4 is 0 Å². The van der Waals surface area contributed by atoms with E-state index in [1.807, 2.05) is 6.92 Å². The second-order valence-corrected chi connectivity index (χ2v) is 4.98. The average Bonchev–Trinajstić information content (AvgIpc) is 1.63. The van der Waals surface area contributed by atoms with Crippen LogP contribution in [-0.4, -0.2) is 6.61 Å². The Morgan fingerprint density at radius 3 is 2.56 bits per heavy atom. The number of hydrogen-bond acceptors (Lipinski definition) is 1. The molecule has 0 aliphatic carbocycles. The molecule has 0 amide bonds. The number of halogens is 3. The van der Waals surface area contributed by atoms with Crippen LogP contribution in [-0.2, 0) is 4.74 Å². The molecule has 0 saturated heterocycles. The van der Waals surface area contributed by atoms with Crippen molar-refractivity contribution in [3.63, 3.8) is 0 Å². The van der Waals surface area contributed by atoms with Gasteiger partial charge in [0.2, 0.25) is 0 Å². The molecular formula is C4H6Cl3OP. The van der Waals surface area contributed by atoms with E-state index < -0.39 is 6.63 Å². The number of rotatable bonds is 3.